The van der Waals surface area contributed by atoms with Crippen LogP contribution in [0.2, 0.25) is 0 Å². The maximum atomic E-state index is 11.0. The molecule has 6 nitrogen and oxygen atoms in total. The number of ether oxygens (including phenoxy) is 1. The summed E-state index contributed by atoms with van der Waals surface area (Å²) in [7, 11) is 1.43. The summed E-state index contributed by atoms with van der Waals surface area (Å²) in [6, 6.07) is 11.4. The molecule has 0 saturated carbocycles. The standard InChI is InChI=1S/C16H15NO5/c1-22-15-10-12(6-9-14(15)16(18)19)3-2-11-4-7-13(8-5-11)17(20)21/h4-10H,2-3H2,1H3,(H,18,19). The van der Waals surface area contributed by atoms with Gasteiger partial charge in [0, 0.05) is 12.1 Å². The number of carboxylic acid groups (broad SMARTS) is 1. The average molecular weight is 301 g/mol. The van der Waals surface area contributed by atoms with Gasteiger partial charge in [-0.2, -0.15) is 0 Å². The molecule has 0 aromatic heterocycles. The molecule has 0 aliphatic carbocycles. The van der Waals surface area contributed by atoms with E-state index in [1.54, 1.807) is 24.3 Å². The summed E-state index contributed by atoms with van der Waals surface area (Å²) in [5.41, 5.74) is 2.12. The number of aryl methyl sites for hydroxylation is 2. The van der Waals surface area contributed by atoms with Gasteiger partial charge in [0.2, 0.25) is 0 Å². The number of nitrogens with zero attached hydrogens (tertiary/aromatic N) is 1. The lowest BCUT2D eigenvalue weighted by atomic mass is 10.0. The molecule has 1 N–H and O–H groups in total. The quantitative estimate of drug-likeness (QED) is 0.654. The van der Waals surface area contributed by atoms with E-state index in [1.807, 2.05) is 0 Å². The number of nitro groups is 1. The van der Waals surface area contributed by atoms with Gasteiger partial charge in [-0.3, -0.25) is 10.1 Å². The van der Waals surface area contributed by atoms with Crippen LogP contribution < -0.4 is 4.74 Å². The molecule has 114 valence electrons. The Balaban J connectivity index is 2.08. The van der Waals surface area contributed by atoms with Crippen LogP contribution in [-0.2, 0) is 12.8 Å². The van der Waals surface area contributed by atoms with E-state index >= 15 is 0 Å². The molecule has 0 saturated heterocycles. The van der Waals surface area contributed by atoms with E-state index in [4.69, 9.17) is 9.84 Å². The normalized spacial score (nSPS) is 10.2. The topological polar surface area (TPSA) is 89.7 Å². The minimum Gasteiger partial charge on any atom is -0.496 e. The first kappa shape index (κ1) is 15.5. The Labute approximate surface area is 127 Å². The summed E-state index contributed by atoms with van der Waals surface area (Å²) in [4.78, 5) is 21.2. The molecule has 0 heterocycles. The number of hydrogen-bond donors (Lipinski definition) is 1. The molecular formula is C16H15NO5. The van der Waals surface area contributed by atoms with Gasteiger partial charge in [-0.05, 0) is 36.1 Å². The fourth-order valence-corrected chi connectivity index (χ4v) is 2.14. The highest BCUT2D eigenvalue weighted by Gasteiger charge is 2.11. The molecule has 0 bridgehead atoms. The van der Waals surface area contributed by atoms with Crippen molar-refractivity contribution in [2.24, 2.45) is 0 Å². The molecule has 0 atom stereocenters. The predicted octanol–water partition coefficient (Wildman–Crippen LogP) is 3.09. The number of non-ortho nitro benzene ring substituents is 1. The van der Waals surface area contributed by atoms with Crippen LogP contribution in [0.4, 0.5) is 5.69 Å². The minimum absolute atomic E-state index is 0.0660. The number of carbonyl (C=O) groups is 1. The minimum atomic E-state index is -1.03. The first-order valence-electron chi connectivity index (χ1n) is 6.65. The van der Waals surface area contributed by atoms with Crippen LogP contribution >= 0.6 is 0 Å². The van der Waals surface area contributed by atoms with E-state index in [-0.39, 0.29) is 11.3 Å². The molecule has 6 heteroatoms. The SMILES string of the molecule is COc1cc(CCc2ccc([N+](=O)[O-])cc2)ccc1C(=O)O. The van der Waals surface area contributed by atoms with Crippen LogP contribution in [-0.4, -0.2) is 23.1 Å². The van der Waals surface area contributed by atoms with Gasteiger partial charge in [0.05, 0.1) is 12.0 Å². The first-order chi connectivity index (χ1) is 10.5. The van der Waals surface area contributed by atoms with E-state index in [0.717, 1.165) is 11.1 Å². The van der Waals surface area contributed by atoms with Crippen LogP contribution in [0.25, 0.3) is 0 Å². The molecule has 2 aromatic carbocycles. The summed E-state index contributed by atoms with van der Waals surface area (Å²) < 4.78 is 5.09. The third kappa shape index (κ3) is 3.60. The number of hydrogen-bond acceptors (Lipinski definition) is 4. The molecule has 0 amide bonds. The summed E-state index contributed by atoms with van der Waals surface area (Å²) in [6.07, 6.45) is 1.39. The molecule has 0 aliphatic heterocycles. The highest BCUT2D eigenvalue weighted by atomic mass is 16.6. The zero-order valence-electron chi connectivity index (χ0n) is 12.0. The van der Waals surface area contributed by atoms with Crippen molar-refractivity contribution in [2.75, 3.05) is 7.11 Å². The van der Waals surface area contributed by atoms with Crippen LogP contribution in [0, 0.1) is 10.1 Å². The lowest BCUT2D eigenvalue weighted by molar-refractivity contribution is -0.384. The fourth-order valence-electron chi connectivity index (χ4n) is 2.14. The van der Waals surface area contributed by atoms with Crippen molar-refractivity contribution in [3.8, 4) is 5.75 Å². The van der Waals surface area contributed by atoms with E-state index in [0.29, 0.717) is 18.6 Å². The molecule has 0 unspecified atom stereocenters. The van der Waals surface area contributed by atoms with Crippen molar-refractivity contribution in [1.29, 1.82) is 0 Å². The predicted molar refractivity (Wildman–Crippen MR) is 80.5 cm³/mol. The highest BCUT2D eigenvalue weighted by molar-refractivity contribution is 5.90. The average Bonchev–Trinajstić information content (AvgIpc) is 2.52. The summed E-state index contributed by atoms with van der Waals surface area (Å²) in [5, 5.41) is 19.6. The van der Waals surface area contributed by atoms with Gasteiger partial charge in [0.1, 0.15) is 11.3 Å². The van der Waals surface area contributed by atoms with Gasteiger partial charge in [-0.1, -0.05) is 18.2 Å². The second-order valence-corrected chi connectivity index (χ2v) is 4.76. The zero-order chi connectivity index (χ0) is 16.1. The van der Waals surface area contributed by atoms with Crippen molar-refractivity contribution in [2.45, 2.75) is 12.8 Å². The van der Waals surface area contributed by atoms with Crippen LogP contribution in [0.1, 0.15) is 21.5 Å². The van der Waals surface area contributed by atoms with Gasteiger partial charge in [0.25, 0.3) is 5.69 Å². The Bertz CT molecular complexity index is 694. The van der Waals surface area contributed by atoms with Crippen molar-refractivity contribution >= 4 is 11.7 Å². The molecular weight excluding hydrogens is 286 g/mol. The van der Waals surface area contributed by atoms with Crippen LogP contribution in [0.3, 0.4) is 0 Å². The lowest BCUT2D eigenvalue weighted by Gasteiger charge is -2.08. The van der Waals surface area contributed by atoms with E-state index in [9.17, 15) is 14.9 Å². The van der Waals surface area contributed by atoms with Crippen molar-refractivity contribution < 1.29 is 19.6 Å². The number of benzene rings is 2. The van der Waals surface area contributed by atoms with Gasteiger partial charge in [0.15, 0.2) is 0 Å². The Morgan fingerprint density at radius 1 is 1.14 bits per heavy atom. The molecule has 2 rings (SSSR count). The van der Waals surface area contributed by atoms with Crippen LogP contribution in [0.15, 0.2) is 42.5 Å². The number of methoxy groups -OCH3 is 1. The molecule has 0 aliphatic rings. The van der Waals surface area contributed by atoms with Crippen molar-refractivity contribution in [3.05, 3.63) is 69.3 Å². The Morgan fingerprint density at radius 2 is 1.73 bits per heavy atom. The Kier molecular flexibility index (Phi) is 4.73. The van der Waals surface area contributed by atoms with E-state index < -0.39 is 10.9 Å². The van der Waals surface area contributed by atoms with Gasteiger partial charge in [-0.15, -0.1) is 0 Å². The third-order valence-corrected chi connectivity index (χ3v) is 3.35. The maximum Gasteiger partial charge on any atom is 0.339 e. The van der Waals surface area contributed by atoms with E-state index in [1.165, 1.54) is 25.3 Å². The fraction of sp³-hybridized carbons (Fsp3) is 0.188. The Morgan fingerprint density at radius 3 is 2.27 bits per heavy atom. The second kappa shape index (κ2) is 6.71. The molecule has 0 fully saturated rings. The third-order valence-electron chi connectivity index (χ3n) is 3.35. The number of carboxylic acids is 1. The Hall–Kier alpha value is -2.89. The van der Waals surface area contributed by atoms with Crippen molar-refractivity contribution in [1.82, 2.24) is 0 Å². The molecule has 2 aromatic rings. The largest absolute Gasteiger partial charge is 0.496 e. The summed E-state index contributed by atoms with van der Waals surface area (Å²) in [5.74, 6) is -0.701. The molecule has 0 spiro atoms. The van der Waals surface area contributed by atoms with Gasteiger partial charge >= 0.3 is 5.97 Å². The number of aromatic carboxylic acids is 1. The smallest absolute Gasteiger partial charge is 0.339 e. The molecule has 22 heavy (non-hydrogen) atoms. The number of nitro benzene ring substituents is 1. The molecule has 0 radical (unpaired) electrons. The van der Waals surface area contributed by atoms with Crippen LogP contribution in [0.5, 0.6) is 5.75 Å². The number of rotatable bonds is 6. The maximum absolute atomic E-state index is 11.0. The first-order valence-corrected chi connectivity index (χ1v) is 6.65. The van der Waals surface area contributed by atoms with Gasteiger partial charge < -0.3 is 9.84 Å². The van der Waals surface area contributed by atoms with Gasteiger partial charge in [-0.25, -0.2) is 4.79 Å². The van der Waals surface area contributed by atoms with E-state index in [2.05, 4.69) is 0 Å². The summed E-state index contributed by atoms with van der Waals surface area (Å²) in [6.45, 7) is 0. The monoisotopic (exact) mass is 301 g/mol. The highest BCUT2D eigenvalue weighted by Crippen LogP contribution is 2.21. The summed E-state index contributed by atoms with van der Waals surface area (Å²) >= 11 is 0. The second-order valence-electron chi connectivity index (χ2n) is 4.76. The lowest BCUT2D eigenvalue weighted by Crippen LogP contribution is -2.01. The van der Waals surface area contributed by atoms with Crippen molar-refractivity contribution in [3.63, 3.8) is 0 Å². The zero-order valence-corrected chi connectivity index (χ0v) is 12.0.